The summed E-state index contributed by atoms with van der Waals surface area (Å²) in [5, 5.41) is 4.79. The molecule has 112 valence electrons. The molecular formula is C18H24N2O. The van der Waals surface area contributed by atoms with Gasteiger partial charge < -0.3 is 10.1 Å². The molecule has 0 bridgehead atoms. The Hall–Kier alpha value is -1.45. The average molecular weight is 284 g/mol. The van der Waals surface area contributed by atoms with E-state index in [1.54, 1.807) is 0 Å². The van der Waals surface area contributed by atoms with Crippen LogP contribution in [0, 0.1) is 5.92 Å². The molecule has 0 radical (unpaired) electrons. The summed E-state index contributed by atoms with van der Waals surface area (Å²) >= 11 is 0. The third kappa shape index (κ3) is 3.25. The van der Waals surface area contributed by atoms with Crippen molar-refractivity contribution in [3.63, 3.8) is 0 Å². The zero-order valence-electron chi connectivity index (χ0n) is 12.9. The van der Waals surface area contributed by atoms with E-state index in [0.717, 1.165) is 37.2 Å². The second kappa shape index (κ2) is 6.54. The van der Waals surface area contributed by atoms with Crippen LogP contribution in [0.5, 0.6) is 0 Å². The van der Waals surface area contributed by atoms with Crippen LogP contribution in [0.2, 0.25) is 0 Å². The number of nitrogens with zero attached hydrogens (tertiary/aromatic N) is 1. The summed E-state index contributed by atoms with van der Waals surface area (Å²) in [5.74, 6) is 0.620. The normalized spacial score (nSPS) is 23.5. The molecule has 3 nitrogen and oxygen atoms in total. The van der Waals surface area contributed by atoms with Gasteiger partial charge in [0.25, 0.3) is 0 Å². The molecule has 21 heavy (non-hydrogen) atoms. The summed E-state index contributed by atoms with van der Waals surface area (Å²) in [5.41, 5.74) is 2.22. The molecule has 1 aliphatic rings. The Morgan fingerprint density at radius 1 is 1.29 bits per heavy atom. The molecule has 1 aromatic heterocycles. The number of pyridine rings is 1. The summed E-state index contributed by atoms with van der Waals surface area (Å²) in [6, 6.07) is 12.9. The predicted octanol–water partition coefficient (Wildman–Crippen LogP) is 3.18. The molecule has 3 heteroatoms. The minimum Gasteiger partial charge on any atom is -0.376 e. The Kier molecular flexibility index (Phi) is 4.51. The van der Waals surface area contributed by atoms with Gasteiger partial charge in [-0.15, -0.1) is 0 Å². The number of likely N-dealkylation sites (N-methyl/N-ethyl adjacent to an activating group) is 1. The van der Waals surface area contributed by atoms with E-state index in [-0.39, 0.29) is 0 Å². The Labute approximate surface area is 126 Å². The third-order valence-corrected chi connectivity index (χ3v) is 4.39. The molecule has 2 aromatic rings. The van der Waals surface area contributed by atoms with Crippen molar-refractivity contribution in [2.75, 3.05) is 13.2 Å². The van der Waals surface area contributed by atoms with Crippen molar-refractivity contribution in [2.45, 2.75) is 38.8 Å². The molecule has 1 saturated heterocycles. The Balaban J connectivity index is 1.80. The van der Waals surface area contributed by atoms with Gasteiger partial charge in [0.1, 0.15) is 0 Å². The zero-order chi connectivity index (χ0) is 14.7. The molecular weight excluding hydrogens is 260 g/mol. The smallest absolute Gasteiger partial charge is 0.0758 e. The van der Waals surface area contributed by atoms with Gasteiger partial charge in [-0.3, -0.25) is 4.98 Å². The van der Waals surface area contributed by atoms with Crippen LogP contribution in [-0.4, -0.2) is 30.3 Å². The summed E-state index contributed by atoms with van der Waals surface area (Å²) in [6.07, 6.45) is 2.39. The fourth-order valence-corrected chi connectivity index (χ4v) is 3.25. The van der Waals surface area contributed by atoms with Gasteiger partial charge in [-0.25, -0.2) is 0 Å². The first-order valence-corrected chi connectivity index (χ1v) is 7.97. The van der Waals surface area contributed by atoms with E-state index in [1.807, 2.05) is 6.07 Å². The summed E-state index contributed by atoms with van der Waals surface area (Å²) in [6.45, 7) is 6.29. The maximum Gasteiger partial charge on any atom is 0.0758 e. The van der Waals surface area contributed by atoms with Crippen molar-refractivity contribution in [1.29, 1.82) is 0 Å². The SMILES string of the molecule is CCNC(Cc1ccc2ccccc2n1)C1OCCC1C. The molecule has 3 rings (SSSR count). The fourth-order valence-electron chi connectivity index (χ4n) is 3.25. The Morgan fingerprint density at radius 3 is 2.90 bits per heavy atom. The molecule has 0 amide bonds. The van der Waals surface area contributed by atoms with E-state index >= 15 is 0 Å². The lowest BCUT2D eigenvalue weighted by atomic mass is 9.94. The molecule has 0 saturated carbocycles. The standard InChI is InChI=1S/C18H24N2O/c1-3-19-17(18-13(2)10-11-21-18)12-15-9-8-14-6-4-5-7-16(14)20-15/h4-9,13,17-19H,3,10-12H2,1-2H3. The highest BCUT2D eigenvalue weighted by atomic mass is 16.5. The molecule has 0 spiro atoms. The first kappa shape index (κ1) is 14.5. The van der Waals surface area contributed by atoms with Crippen molar-refractivity contribution in [3.8, 4) is 0 Å². The minimum absolute atomic E-state index is 0.304. The number of benzene rings is 1. The summed E-state index contributed by atoms with van der Waals surface area (Å²) < 4.78 is 5.95. The van der Waals surface area contributed by atoms with Gasteiger partial charge in [-0.05, 0) is 31.0 Å². The monoisotopic (exact) mass is 284 g/mol. The van der Waals surface area contributed by atoms with E-state index in [4.69, 9.17) is 9.72 Å². The number of nitrogens with one attached hydrogen (secondary N) is 1. The zero-order valence-corrected chi connectivity index (χ0v) is 12.9. The average Bonchev–Trinajstić information content (AvgIpc) is 2.93. The van der Waals surface area contributed by atoms with Crippen molar-refractivity contribution >= 4 is 10.9 Å². The van der Waals surface area contributed by atoms with Gasteiger partial charge in [0.05, 0.1) is 11.6 Å². The topological polar surface area (TPSA) is 34.2 Å². The second-order valence-electron chi connectivity index (χ2n) is 5.96. The number of aromatic nitrogens is 1. The first-order chi connectivity index (χ1) is 10.3. The number of rotatable bonds is 5. The van der Waals surface area contributed by atoms with Crippen molar-refractivity contribution in [2.24, 2.45) is 5.92 Å². The van der Waals surface area contributed by atoms with Gasteiger partial charge >= 0.3 is 0 Å². The lowest BCUT2D eigenvalue weighted by Gasteiger charge is -2.26. The predicted molar refractivity (Wildman–Crippen MR) is 86.4 cm³/mol. The van der Waals surface area contributed by atoms with Crippen molar-refractivity contribution in [3.05, 3.63) is 42.1 Å². The largest absolute Gasteiger partial charge is 0.376 e. The molecule has 3 unspecified atom stereocenters. The van der Waals surface area contributed by atoms with Crippen LogP contribution in [0.1, 0.15) is 26.0 Å². The van der Waals surface area contributed by atoms with Crippen molar-refractivity contribution in [1.82, 2.24) is 10.3 Å². The fraction of sp³-hybridized carbons (Fsp3) is 0.500. The highest BCUT2D eigenvalue weighted by molar-refractivity contribution is 5.78. The molecule has 0 aliphatic carbocycles. The number of para-hydroxylation sites is 1. The van der Waals surface area contributed by atoms with Crippen LogP contribution in [-0.2, 0) is 11.2 Å². The van der Waals surface area contributed by atoms with Crippen LogP contribution in [0.4, 0.5) is 0 Å². The summed E-state index contributed by atoms with van der Waals surface area (Å²) in [4.78, 5) is 4.80. The lowest BCUT2D eigenvalue weighted by Crippen LogP contribution is -2.43. The van der Waals surface area contributed by atoms with E-state index in [2.05, 4.69) is 49.5 Å². The van der Waals surface area contributed by atoms with E-state index < -0.39 is 0 Å². The summed E-state index contributed by atoms with van der Waals surface area (Å²) in [7, 11) is 0. The van der Waals surface area contributed by atoms with E-state index in [1.165, 1.54) is 5.39 Å². The number of hydrogen-bond acceptors (Lipinski definition) is 3. The lowest BCUT2D eigenvalue weighted by molar-refractivity contribution is 0.0612. The van der Waals surface area contributed by atoms with Crippen molar-refractivity contribution < 1.29 is 4.74 Å². The third-order valence-electron chi connectivity index (χ3n) is 4.39. The van der Waals surface area contributed by atoms with Crippen LogP contribution in [0.25, 0.3) is 10.9 Å². The highest BCUT2D eigenvalue weighted by Gasteiger charge is 2.31. The number of fused-ring (bicyclic) bond motifs is 1. The number of ether oxygens (including phenoxy) is 1. The maximum absolute atomic E-state index is 5.95. The van der Waals surface area contributed by atoms with Gasteiger partial charge in [0.15, 0.2) is 0 Å². The van der Waals surface area contributed by atoms with Crippen LogP contribution >= 0.6 is 0 Å². The second-order valence-corrected chi connectivity index (χ2v) is 5.96. The molecule has 1 fully saturated rings. The number of hydrogen-bond donors (Lipinski definition) is 1. The van der Waals surface area contributed by atoms with E-state index in [0.29, 0.717) is 18.1 Å². The molecule has 1 aliphatic heterocycles. The van der Waals surface area contributed by atoms with Gasteiger partial charge in [0.2, 0.25) is 0 Å². The van der Waals surface area contributed by atoms with Gasteiger partial charge in [0, 0.05) is 30.1 Å². The molecule has 2 heterocycles. The van der Waals surface area contributed by atoms with Crippen LogP contribution in [0.15, 0.2) is 36.4 Å². The Bertz CT molecular complexity index is 599. The Morgan fingerprint density at radius 2 is 2.14 bits per heavy atom. The van der Waals surface area contributed by atoms with E-state index in [9.17, 15) is 0 Å². The maximum atomic E-state index is 5.95. The van der Waals surface area contributed by atoms with Gasteiger partial charge in [-0.1, -0.05) is 38.1 Å². The van der Waals surface area contributed by atoms with Crippen LogP contribution < -0.4 is 5.32 Å². The van der Waals surface area contributed by atoms with Crippen LogP contribution in [0.3, 0.4) is 0 Å². The minimum atomic E-state index is 0.304. The van der Waals surface area contributed by atoms with Gasteiger partial charge in [-0.2, -0.15) is 0 Å². The quantitative estimate of drug-likeness (QED) is 0.915. The first-order valence-electron chi connectivity index (χ1n) is 7.97. The molecule has 3 atom stereocenters. The highest BCUT2D eigenvalue weighted by Crippen LogP contribution is 2.25. The molecule has 1 aromatic carbocycles. The molecule has 1 N–H and O–H groups in total.